The van der Waals surface area contributed by atoms with Gasteiger partial charge in [-0.15, -0.1) is 11.3 Å². The number of rotatable bonds is 7. The summed E-state index contributed by atoms with van der Waals surface area (Å²) in [6, 6.07) is 23.1. The third kappa shape index (κ3) is 19.2. The molecule has 0 aliphatic heterocycles. The van der Waals surface area contributed by atoms with E-state index < -0.39 is 0 Å². The fourth-order valence-electron chi connectivity index (χ4n) is 4.65. The number of aryl methyl sites for hydroxylation is 2. The van der Waals surface area contributed by atoms with Crippen LogP contribution in [-0.4, -0.2) is 54.4 Å². The summed E-state index contributed by atoms with van der Waals surface area (Å²) in [5.74, 6) is 2.20. The van der Waals surface area contributed by atoms with Crippen molar-refractivity contribution < 1.29 is 4.42 Å². The smallest absolute Gasteiger partial charge is 0.209 e. The summed E-state index contributed by atoms with van der Waals surface area (Å²) in [6.45, 7) is 5.19. The zero-order valence-electron chi connectivity index (χ0n) is 35.4. The highest BCUT2D eigenvalue weighted by Crippen LogP contribution is 2.14. The minimum Gasteiger partial charge on any atom is -0.439 e. The largest absolute Gasteiger partial charge is 0.439 e. The zero-order chi connectivity index (χ0) is 45.5. The van der Waals surface area contributed by atoms with Crippen molar-refractivity contribution in [2.45, 2.75) is 52.7 Å². The van der Waals surface area contributed by atoms with Crippen LogP contribution in [-0.2, 0) is 52.9 Å². The Morgan fingerprint density at radius 2 is 1.19 bits per heavy atom. The number of para-hydroxylation sites is 4. The first-order valence-corrected chi connectivity index (χ1v) is 20.4. The SMILES string of the molecule is Cc1cnc(CN)cn1.Cn1c(CN)nc2ccccc21.NCc1ccccn1.NCc1cnccn1.NCc1nc2ccccc2o1.NCc1ncccn1.NCc1nccs1. The first-order valence-electron chi connectivity index (χ1n) is 19.5. The number of benzene rings is 2. The van der Waals surface area contributed by atoms with Gasteiger partial charge in [-0.2, -0.15) is 0 Å². The predicted octanol–water partition coefficient (Wildman–Crippen LogP) is 3.57. The van der Waals surface area contributed by atoms with Crippen molar-refractivity contribution in [2.24, 2.45) is 47.2 Å². The maximum absolute atomic E-state index is 5.53. The van der Waals surface area contributed by atoms with E-state index in [0.717, 1.165) is 55.7 Å². The van der Waals surface area contributed by atoms with Crippen molar-refractivity contribution in [1.82, 2.24) is 54.4 Å². The van der Waals surface area contributed by atoms with E-state index in [-0.39, 0.29) is 0 Å². The molecule has 20 heteroatoms. The second-order valence-corrected chi connectivity index (χ2v) is 13.3. The summed E-state index contributed by atoms with van der Waals surface area (Å²) < 4.78 is 7.30. The highest BCUT2D eigenvalue weighted by molar-refractivity contribution is 7.09. The van der Waals surface area contributed by atoms with Gasteiger partial charge in [0.2, 0.25) is 5.89 Å². The minimum atomic E-state index is 0.356. The number of nitrogens with two attached hydrogens (primary N) is 7. The van der Waals surface area contributed by atoms with Gasteiger partial charge in [0, 0.05) is 94.4 Å². The monoisotopic (exact) mass is 872 g/mol. The summed E-state index contributed by atoms with van der Waals surface area (Å²) in [6.07, 6.45) is 15.2. The summed E-state index contributed by atoms with van der Waals surface area (Å²) in [5.41, 5.74) is 44.5. The Morgan fingerprint density at radius 1 is 0.524 bits per heavy atom. The molecule has 7 heterocycles. The van der Waals surface area contributed by atoms with Gasteiger partial charge in [-0.05, 0) is 49.4 Å². The number of fused-ring (bicyclic) bond motifs is 2. The second kappa shape index (κ2) is 30.2. The van der Waals surface area contributed by atoms with Crippen molar-refractivity contribution in [3.8, 4) is 0 Å². The molecule has 19 nitrogen and oxygen atoms in total. The Kier molecular flexibility index (Phi) is 24.2. The Bertz CT molecular complexity index is 2360. The molecule has 0 bridgehead atoms. The number of aromatic nitrogens is 11. The summed E-state index contributed by atoms with van der Waals surface area (Å²) >= 11 is 1.59. The topological polar surface area (TPSA) is 329 Å². The van der Waals surface area contributed by atoms with Crippen LogP contribution in [0.4, 0.5) is 0 Å². The van der Waals surface area contributed by atoms with Crippen LogP contribution < -0.4 is 40.1 Å². The molecule has 0 spiro atoms. The first kappa shape index (κ1) is 50.5. The molecule has 0 fully saturated rings. The molecule has 0 aliphatic rings. The average Bonchev–Trinajstić information content (AvgIpc) is 4.13. The van der Waals surface area contributed by atoms with Crippen LogP contribution in [0, 0.1) is 6.92 Å². The quantitative estimate of drug-likeness (QED) is 0.120. The molecule has 0 amide bonds. The number of oxazole rings is 1. The van der Waals surface area contributed by atoms with Crippen molar-refractivity contribution in [3.63, 3.8) is 0 Å². The van der Waals surface area contributed by atoms with Gasteiger partial charge in [0.25, 0.3) is 0 Å². The summed E-state index contributed by atoms with van der Waals surface area (Å²) in [5, 5.41) is 2.92. The van der Waals surface area contributed by atoms with E-state index in [4.69, 9.17) is 44.6 Å². The van der Waals surface area contributed by atoms with Gasteiger partial charge in [-0.1, -0.05) is 30.3 Å². The first-order chi connectivity index (χ1) is 30.8. The maximum Gasteiger partial charge on any atom is 0.209 e. The maximum atomic E-state index is 5.53. The molecule has 63 heavy (non-hydrogen) atoms. The molecule has 0 atom stereocenters. The third-order valence-electron chi connectivity index (χ3n) is 7.84. The van der Waals surface area contributed by atoms with E-state index in [2.05, 4.69) is 49.8 Å². The van der Waals surface area contributed by atoms with Crippen LogP contribution in [0.3, 0.4) is 0 Å². The lowest BCUT2D eigenvalue weighted by Crippen LogP contribution is -2.04. The van der Waals surface area contributed by atoms with Gasteiger partial charge < -0.3 is 49.1 Å². The molecule has 7 aromatic heterocycles. The van der Waals surface area contributed by atoms with E-state index in [1.54, 1.807) is 73.2 Å². The standard InChI is InChI=1S/C9H11N3.C8H8N2O.C6H9N3.C6H8N2.2C5H7N3.C4H6N2S/c1-12-8-5-3-2-4-7(8)11-9(12)6-10;9-5-8-10-6-3-1-2-4-7(6)11-8;1-5-3-9-6(2-7)4-8-5;7-5-6-3-1-2-4-8-6;6-3-5-4-7-1-2-8-5;6-4-5-7-2-1-3-8-5;5-3-4-6-1-2-7-4/h2-5H,6,10H2,1H3;1-4H,5,9H2;3-4H,2,7H2,1H3;1-4H,5,7H2;1-2,4H,3,6H2;1-3H,4,6H2;1-2H,3,5H2. The van der Waals surface area contributed by atoms with Crippen LogP contribution in [0.25, 0.3) is 22.1 Å². The molecule has 330 valence electrons. The molecule has 0 radical (unpaired) electrons. The lowest BCUT2D eigenvalue weighted by atomic mass is 10.3. The van der Waals surface area contributed by atoms with E-state index in [9.17, 15) is 0 Å². The third-order valence-corrected chi connectivity index (χ3v) is 8.64. The highest BCUT2D eigenvalue weighted by atomic mass is 32.1. The molecule has 9 aromatic rings. The van der Waals surface area contributed by atoms with Crippen LogP contribution in [0.15, 0.2) is 138 Å². The number of pyridine rings is 1. The summed E-state index contributed by atoms with van der Waals surface area (Å²) in [4.78, 5) is 39.9. The van der Waals surface area contributed by atoms with Gasteiger partial charge in [0.05, 0.1) is 53.4 Å². The number of hydrogen-bond acceptors (Lipinski definition) is 19. The Balaban J connectivity index is 0.000000197. The molecule has 9 rings (SSSR count). The minimum absolute atomic E-state index is 0.356. The van der Waals surface area contributed by atoms with E-state index in [1.807, 2.05) is 90.6 Å². The summed E-state index contributed by atoms with van der Waals surface area (Å²) in [7, 11) is 1.98. The zero-order valence-corrected chi connectivity index (χ0v) is 36.2. The normalized spacial score (nSPS) is 9.79. The van der Waals surface area contributed by atoms with Crippen LogP contribution >= 0.6 is 11.3 Å². The predicted molar refractivity (Wildman–Crippen MR) is 247 cm³/mol. The number of nitrogens with zero attached hydrogens (tertiary/aromatic N) is 11. The lowest BCUT2D eigenvalue weighted by Gasteiger charge is -1.96. The van der Waals surface area contributed by atoms with Crippen LogP contribution in [0.1, 0.15) is 45.3 Å². The molecule has 2 aromatic carbocycles. The van der Waals surface area contributed by atoms with Gasteiger partial charge in [0.1, 0.15) is 22.2 Å². The average molecular weight is 873 g/mol. The van der Waals surface area contributed by atoms with E-state index in [0.29, 0.717) is 57.5 Å². The molecule has 0 unspecified atom stereocenters. The number of hydrogen-bond donors (Lipinski definition) is 7. The Hall–Kier alpha value is -6.88. The fraction of sp³-hybridized carbons (Fsp3) is 0.209. The molecular formula is C43H56N18OS. The van der Waals surface area contributed by atoms with Crippen molar-refractivity contribution in [3.05, 3.63) is 179 Å². The fourth-order valence-corrected chi connectivity index (χ4v) is 5.15. The number of thiazole rings is 1. The van der Waals surface area contributed by atoms with Gasteiger partial charge in [0.15, 0.2) is 5.58 Å². The lowest BCUT2D eigenvalue weighted by molar-refractivity contribution is 0.533. The van der Waals surface area contributed by atoms with Crippen molar-refractivity contribution >= 4 is 33.5 Å². The van der Waals surface area contributed by atoms with Crippen LogP contribution in [0.2, 0.25) is 0 Å². The Labute approximate surface area is 370 Å². The second-order valence-electron chi connectivity index (χ2n) is 12.3. The molecule has 0 aliphatic carbocycles. The van der Waals surface area contributed by atoms with Crippen molar-refractivity contribution in [1.29, 1.82) is 0 Å². The van der Waals surface area contributed by atoms with Gasteiger partial charge >= 0.3 is 0 Å². The van der Waals surface area contributed by atoms with Gasteiger partial charge in [-0.25, -0.2) is 24.9 Å². The van der Waals surface area contributed by atoms with Crippen LogP contribution in [0.5, 0.6) is 0 Å². The Morgan fingerprint density at radius 3 is 1.67 bits per heavy atom. The molecule has 14 N–H and O–H groups in total. The van der Waals surface area contributed by atoms with Crippen molar-refractivity contribution in [2.75, 3.05) is 0 Å². The van der Waals surface area contributed by atoms with E-state index >= 15 is 0 Å². The highest BCUT2D eigenvalue weighted by Gasteiger charge is 2.04. The molecule has 0 saturated carbocycles. The van der Waals surface area contributed by atoms with E-state index in [1.165, 1.54) is 0 Å². The van der Waals surface area contributed by atoms with Gasteiger partial charge in [-0.3, -0.25) is 24.9 Å². The molecule has 0 saturated heterocycles. The number of imidazole rings is 1. The molecular weight excluding hydrogens is 817 g/mol.